The first-order valence-corrected chi connectivity index (χ1v) is 12.9. The van der Waals surface area contributed by atoms with Crippen molar-refractivity contribution < 1.29 is 19.1 Å². The molecule has 202 valence electrons. The summed E-state index contributed by atoms with van der Waals surface area (Å²) in [5, 5.41) is 20.2. The van der Waals surface area contributed by atoms with E-state index in [1.807, 2.05) is 56.3 Å². The summed E-state index contributed by atoms with van der Waals surface area (Å²) in [4.78, 5) is 34.4. The zero-order valence-electron chi connectivity index (χ0n) is 22.0. The summed E-state index contributed by atoms with van der Waals surface area (Å²) in [7, 11) is 0. The van der Waals surface area contributed by atoms with E-state index in [0.717, 1.165) is 11.3 Å². The number of hydrogen-bond donors (Lipinski definition) is 4. The van der Waals surface area contributed by atoms with Gasteiger partial charge in [-0.3, -0.25) is 19.6 Å². The first-order valence-electron chi connectivity index (χ1n) is 12.9. The van der Waals surface area contributed by atoms with Crippen LogP contribution in [0.2, 0.25) is 0 Å². The Morgan fingerprint density at radius 1 is 0.897 bits per heavy atom. The maximum atomic E-state index is 13.3. The molecular formula is C30H33N5O4. The van der Waals surface area contributed by atoms with E-state index in [0.29, 0.717) is 23.2 Å². The molecule has 0 aliphatic carbocycles. The number of rotatable bonds is 12. The molecule has 39 heavy (non-hydrogen) atoms. The number of benzene rings is 2. The Kier molecular flexibility index (Phi) is 9.55. The van der Waals surface area contributed by atoms with Crippen LogP contribution in [-0.2, 0) is 6.42 Å². The largest absolute Gasteiger partial charge is 0.468 e. The number of nitrogens with zero attached hydrogens (tertiary/aromatic N) is 2. The van der Waals surface area contributed by atoms with E-state index < -0.39 is 12.1 Å². The van der Waals surface area contributed by atoms with Gasteiger partial charge in [-0.15, -0.1) is 0 Å². The number of furan rings is 1. The Bertz CT molecular complexity index is 1330. The van der Waals surface area contributed by atoms with Gasteiger partial charge in [0, 0.05) is 30.1 Å². The summed E-state index contributed by atoms with van der Waals surface area (Å²) >= 11 is 0. The minimum atomic E-state index is -0.883. The Hall–Kier alpha value is -4.34. The monoisotopic (exact) mass is 527 g/mol. The molecule has 0 saturated carbocycles. The molecule has 4 atom stereocenters. The van der Waals surface area contributed by atoms with Crippen LogP contribution in [0.3, 0.4) is 0 Å². The van der Waals surface area contributed by atoms with Crippen molar-refractivity contribution in [3.63, 3.8) is 0 Å². The highest BCUT2D eigenvalue weighted by Gasteiger charge is 2.24. The highest BCUT2D eigenvalue weighted by Crippen LogP contribution is 2.15. The van der Waals surface area contributed by atoms with Crippen LogP contribution in [-0.4, -0.2) is 45.6 Å². The second kappa shape index (κ2) is 13.5. The van der Waals surface area contributed by atoms with Gasteiger partial charge in [0.15, 0.2) is 0 Å². The normalized spacial score (nSPS) is 14.1. The molecule has 1 unspecified atom stereocenters. The molecule has 9 heteroatoms. The SMILES string of the molecule is CC(NC[C@@H](O)[C@H](Cc1ccccc1)NC(=O)c1cccc(C(=O)N[C@@H](C)c2cnccn2)c1)c1ccco1. The van der Waals surface area contributed by atoms with Gasteiger partial charge in [0.2, 0.25) is 0 Å². The second-order valence-corrected chi connectivity index (χ2v) is 9.39. The lowest BCUT2D eigenvalue weighted by Gasteiger charge is -2.26. The van der Waals surface area contributed by atoms with Crippen LogP contribution in [0.15, 0.2) is 96.0 Å². The van der Waals surface area contributed by atoms with Crippen molar-refractivity contribution in [3.05, 3.63) is 120 Å². The first-order chi connectivity index (χ1) is 18.9. The Morgan fingerprint density at radius 2 is 1.64 bits per heavy atom. The number of aromatic nitrogens is 2. The molecule has 9 nitrogen and oxygen atoms in total. The lowest BCUT2D eigenvalue weighted by Crippen LogP contribution is -2.49. The number of aliphatic hydroxyl groups excluding tert-OH is 1. The lowest BCUT2D eigenvalue weighted by molar-refractivity contribution is 0.0824. The van der Waals surface area contributed by atoms with E-state index >= 15 is 0 Å². The third kappa shape index (κ3) is 7.83. The smallest absolute Gasteiger partial charge is 0.251 e. The van der Waals surface area contributed by atoms with Crippen molar-refractivity contribution in [1.29, 1.82) is 0 Å². The third-order valence-electron chi connectivity index (χ3n) is 6.44. The summed E-state index contributed by atoms with van der Waals surface area (Å²) in [6.07, 6.45) is 5.88. The maximum absolute atomic E-state index is 13.3. The fraction of sp³-hybridized carbons (Fsp3) is 0.267. The first kappa shape index (κ1) is 27.7. The number of hydrogen-bond acceptors (Lipinski definition) is 7. The van der Waals surface area contributed by atoms with Gasteiger partial charge in [-0.25, -0.2) is 0 Å². The molecule has 0 saturated heterocycles. The minimum absolute atomic E-state index is 0.109. The van der Waals surface area contributed by atoms with Crippen molar-refractivity contribution in [1.82, 2.24) is 25.9 Å². The average Bonchev–Trinajstić information content (AvgIpc) is 3.52. The zero-order chi connectivity index (χ0) is 27.6. The number of carbonyl (C=O) groups is 2. The fourth-order valence-electron chi connectivity index (χ4n) is 4.17. The van der Waals surface area contributed by atoms with E-state index in [9.17, 15) is 14.7 Å². The molecular weight excluding hydrogens is 494 g/mol. The van der Waals surface area contributed by atoms with E-state index in [2.05, 4.69) is 25.9 Å². The van der Waals surface area contributed by atoms with Crippen LogP contribution in [0.1, 0.15) is 63.7 Å². The summed E-state index contributed by atoms with van der Waals surface area (Å²) in [6, 6.07) is 18.8. The summed E-state index contributed by atoms with van der Waals surface area (Å²) in [6.45, 7) is 4.00. The third-order valence-corrected chi connectivity index (χ3v) is 6.44. The number of carbonyl (C=O) groups excluding carboxylic acids is 2. The molecule has 0 aliphatic rings. The van der Waals surface area contributed by atoms with E-state index in [1.54, 1.807) is 43.1 Å². The zero-order valence-corrected chi connectivity index (χ0v) is 22.0. The number of amides is 2. The topological polar surface area (TPSA) is 129 Å². The number of nitrogens with one attached hydrogen (secondary N) is 3. The predicted molar refractivity (Wildman–Crippen MR) is 147 cm³/mol. The summed E-state index contributed by atoms with van der Waals surface area (Å²) in [5.41, 5.74) is 2.27. The van der Waals surface area contributed by atoms with E-state index in [-0.39, 0.29) is 30.4 Å². The average molecular weight is 528 g/mol. The van der Waals surface area contributed by atoms with Crippen molar-refractivity contribution in [2.75, 3.05) is 6.54 Å². The van der Waals surface area contributed by atoms with Crippen molar-refractivity contribution >= 4 is 11.8 Å². The molecule has 4 N–H and O–H groups in total. The van der Waals surface area contributed by atoms with Gasteiger partial charge >= 0.3 is 0 Å². The molecule has 2 heterocycles. The van der Waals surface area contributed by atoms with Crippen LogP contribution in [0.4, 0.5) is 0 Å². The molecule has 2 amide bonds. The minimum Gasteiger partial charge on any atom is -0.468 e. The highest BCUT2D eigenvalue weighted by molar-refractivity contribution is 5.99. The standard InChI is InChI=1S/C30H33N5O4/c1-20(26-18-31-13-14-32-26)34-29(37)23-10-6-11-24(17-23)30(38)35-25(16-22-8-4-3-5-9-22)27(36)19-33-21(2)28-12-7-15-39-28/h3-15,17-18,20-21,25,27,33,36H,16,19H2,1-2H3,(H,34,37)(H,35,38)/t20-,21?,25-,27+/m0/s1. The van der Waals surface area contributed by atoms with Crippen LogP contribution in [0.5, 0.6) is 0 Å². The molecule has 4 aromatic rings. The maximum Gasteiger partial charge on any atom is 0.251 e. The Labute approximate surface area is 227 Å². The van der Waals surface area contributed by atoms with Gasteiger partial charge in [-0.05, 0) is 56.2 Å². The van der Waals surface area contributed by atoms with Crippen LogP contribution in [0.25, 0.3) is 0 Å². The fourth-order valence-corrected chi connectivity index (χ4v) is 4.17. The second-order valence-electron chi connectivity index (χ2n) is 9.39. The Balaban J connectivity index is 1.43. The Morgan fingerprint density at radius 3 is 2.31 bits per heavy atom. The molecule has 2 aromatic carbocycles. The molecule has 0 bridgehead atoms. The van der Waals surface area contributed by atoms with Crippen molar-refractivity contribution in [2.24, 2.45) is 0 Å². The predicted octanol–water partition coefficient (Wildman–Crippen LogP) is 3.61. The molecule has 0 spiro atoms. The van der Waals surface area contributed by atoms with E-state index in [4.69, 9.17) is 4.42 Å². The molecule has 0 aliphatic heterocycles. The summed E-state index contributed by atoms with van der Waals surface area (Å²) in [5.74, 6) is 0.0417. The van der Waals surface area contributed by atoms with Gasteiger partial charge in [-0.1, -0.05) is 36.4 Å². The van der Waals surface area contributed by atoms with Crippen LogP contribution >= 0.6 is 0 Å². The van der Waals surface area contributed by atoms with Gasteiger partial charge in [0.05, 0.1) is 42.4 Å². The molecule has 0 fully saturated rings. The quantitative estimate of drug-likeness (QED) is 0.221. The molecule has 4 rings (SSSR count). The van der Waals surface area contributed by atoms with Crippen molar-refractivity contribution in [2.45, 2.75) is 44.5 Å². The van der Waals surface area contributed by atoms with Gasteiger partial charge in [0.1, 0.15) is 5.76 Å². The molecule has 0 radical (unpaired) electrons. The van der Waals surface area contributed by atoms with Gasteiger partial charge in [0.25, 0.3) is 11.8 Å². The van der Waals surface area contributed by atoms with Crippen LogP contribution in [0, 0.1) is 0 Å². The highest BCUT2D eigenvalue weighted by atomic mass is 16.3. The van der Waals surface area contributed by atoms with Gasteiger partial charge in [-0.2, -0.15) is 0 Å². The van der Waals surface area contributed by atoms with E-state index in [1.165, 1.54) is 6.07 Å². The lowest BCUT2D eigenvalue weighted by atomic mass is 10.00. The van der Waals surface area contributed by atoms with Gasteiger partial charge < -0.3 is 25.5 Å². The summed E-state index contributed by atoms with van der Waals surface area (Å²) < 4.78 is 5.43. The van der Waals surface area contributed by atoms with Crippen LogP contribution < -0.4 is 16.0 Å². The van der Waals surface area contributed by atoms with Crippen molar-refractivity contribution in [3.8, 4) is 0 Å². The number of aliphatic hydroxyl groups is 1. The molecule has 2 aromatic heterocycles.